The van der Waals surface area contributed by atoms with Gasteiger partial charge in [-0.2, -0.15) is 4.68 Å². The molecule has 5 nitrogen and oxygen atoms in total. The SMILES string of the molecule is CC(=NCc1ccccc1Cl)c1c(C)[nH]n(-c2nc3ccccc3s2)c1=O. The van der Waals surface area contributed by atoms with Gasteiger partial charge in [0.05, 0.1) is 22.3 Å². The van der Waals surface area contributed by atoms with Crippen LogP contribution in [0.3, 0.4) is 0 Å². The molecule has 2 heterocycles. The van der Waals surface area contributed by atoms with Gasteiger partial charge in [0.2, 0.25) is 5.13 Å². The summed E-state index contributed by atoms with van der Waals surface area (Å²) in [5.41, 5.74) is 3.67. The van der Waals surface area contributed by atoms with Gasteiger partial charge in [-0.05, 0) is 37.6 Å². The molecule has 0 aliphatic carbocycles. The number of fused-ring (bicyclic) bond motifs is 1. The van der Waals surface area contributed by atoms with Crippen LogP contribution in [0.2, 0.25) is 5.02 Å². The number of nitrogens with zero attached hydrogens (tertiary/aromatic N) is 3. The monoisotopic (exact) mass is 396 g/mol. The Hall–Kier alpha value is -2.70. The van der Waals surface area contributed by atoms with Crippen molar-refractivity contribution in [2.24, 2.45) is 4.99 Å². The fourth-order valence-electron chi connectivity index (χ4n) is 2.97. The van der Waals surface area contributed by atoms with E-state index in [-0.39, 0.29) is 5.56 Å². The van der Waals surface area contributed by atoms with Crippen LogP contribution in [0, 0.1) is 6.92 Å². The molecule has 0 amide bonds. The van der Waals surface area contributed by atoms with Gasteiger partial charge in [-0.3, -0.25) is 14.9 Å². The zero-order valence-corrected chi connectivity index (χ0v) is 16.4. The van der Waals surface area contributed by atoms with Crippen LogP contribution < -0.4 is 5.56 Å². The number of thiazole rings is 1. The molecule has 0 aliphatic rings. The highest BCUT2D eigenvalue weighted by Gasteiger charge is 2.17. The van der Waals surface area contributed by atoms with E-state index in [1.54, 1.807) is 0 Å². The van der Waals surface area contributed by atoms with E-state index < -0.39 is 0 Å². The minimum Gasteiger partial charge on any atom is -0.293 e. The van der Waals surface area contributed by atoms with Crippen LogP contribution in [0.5, 0.6) is 0 Å². The first-order valence-corrected chi connectivity index (χ1v) is 9.66. The third kappa shape index (κ3) is 3.34. The zero-order valence-electron chi connectivity index (χ0n) is 14.9. The number of hydrogen-bond acceptors (Lipinski definition) is 4. The van der Waals surface area contributed by atoms with Crippen LogP contribution in [0.25, 0.3) is 15.3 Å². The number of aromatic amines is 1. The maximum atomic E-state index is 13.0. The number of aryl methyl sites for hydroxylation is 1. The first kappa shape index (κ1) is 17.7. The van der Waals surface area contributed by atoms with E-state index >= 15 is 0 Å². The Morgan fingerprint density at radius 1 is 1.22 bits per heavy atom. The van der Waals surface area contributed by atoms with Crippen LogP contribution in [0.15, 0.2) is 58.3 Å². The van der Waals surface area contributed by atoms with Gasteiger partial charge in [0.25, 0.3) is 5.56 Å². The van der Waals surface area contributed by atoms with E-state index in [1.165, 1.54) is 16.0 Å². The number of halogens is 1. The van der Waals surface area contributed by atoms with Crippen molar-refractivity contribution >= 4 is 38.9 Å². The highest BCUT2D eigenvalue weighted by molar-refractivity contribution is 7.20. The van der Waals surface area contributed by atoms with Crippen LogP contribution in [0.1, 0.15) is 23.7 Å². The predicted octanol–water partition coefficient (Wildman–Crippen LogP) is 4.75. The molecule has 7 heteroatoms. The summed E-state index contributed by atoms with van der Waals surface area (Å²) < 4.78 is 2.53. The molecule has 0 aliphatic heterocycles. The molecule has 0 radical (unpaired) electrons. The average molecular weight is 397 g/mol. The highest BCUT2D eigenvalue weighted by Crippen LogP contribution is 2.23. The molecule has 0 fully saturated rings. The third-order valence-electron chi connectivity index (χ3n) is 4.35. The van der Waals surface area contributed by atoms with Gasteiger partial charge in [0.15, 0.2) is 0 Å². The van der Waals surface area contributed by atoms with Crippen molar-refractivity contribution in [3.8, 4) is 5.13 Å². The van der Waals surface area contributed by atoms with Gasteiger partial charge in [0, 0.05) is 16.4 Å². The lowest BCUT2D eigenvalue weighted by atomic mass is 10.1. The number of H-pyrrole nitrogens is 1. The molecule has 2 aromatic heterocycles. The molecule has 0 bridgehead atoms. The summed E-state index contributed by atoms with van der Waals surface area (Å²) in [5.74, 6) is 0. The Morgan fingerprint density at radius 3 is 2.74 bits per heavy atom. The van der Waals surface area contributed by atoms with Gasteiger partial charge in [-0.25, -0.2) is 4.98 Å². The number of rotatable bonds is 4. The van der Waals surface area contributed by atoms with E-state index in [0.717, 1.165) is 21.5 Å². The Kier molecular flexibility index (Phi) is 4.68. The normalized spacial score (nSPS) is 12.0. The van der Waals surface area contributed by atoms with Crippen molar-refractivity contribution < 1.29 is 0 Å². The number of aromatic nitrogens is 3. The number of benzene rings is 2. The molecule has 1 N–H and O–H groups in total. The van der Waals surface area contributed by atoms with Crippen LogP contribution >= 0.6 is 22.9 Å². The molecule has 4 rings (SSSR count). The van der Waals surface area contributed by atoms with Gasteiger partial charge in [-0.15, -0.1) is 0 Å². The Balaban J connectivity index is 1.71. The lowest BCUT2D eigenvalue weighted by Gasteiger charge is -2.01. The van der Waals surface area contributed by atoms with E-state index in [0.29, 0.717) is 28.0 Å². The molecule has 136 valence electrons. The first-order chi connectivity index (χ1) is 13.0. The number of para-hydroxylation sites is 1. The summed E-state index contributed by atoms with van der Waals surface area (Å²) in [6.45, 7) is 4.14. The number of hydrogen-bond donors (Lipinski definition) is 1. The summed E-state index contributed by atoms with van der Waals surface area (Å²) in [7, 11) is 0. The molecule has 0 atom stereocenters. The lowest BCUT2D eigenvalue weighted by molar-refractivity contribution is 0.829. The maximum absolute atomic E-state index is 13.0. The van der Waals surface area contributed by atoms with E-state index in [1.807, 2.05) is 62.4 Å². The average Bonchev–Trinajstić information content (AvgIpc) is 3.21. The molecular weight excluding hydrogens is 380 g/mol. The zero-order chi connectivity index (χ0) is 19.0. The fraction of sp³-hybridized carbons (Fsp3) is 0.150. The Bertz CT molecular complexity index is 1190. The molecule has 0 saturated heterocycles. The predicted molar refractivity (Wildman–Crippen MR) is 112 cm³/mol. The number of aliphatic imine (C=N–C) groups is 1. The lowest BCUT2D eigenvalue weighted by Crippen LogP contribution is -2.19. The highest BCUT2D eigenvalue weighted by atomic mass is 35.5. The minimum atomic E-state index is -0.146. The fourth-order valence-corrected chi connectivity index (χ4v) is 4.09. The molecule has 0 saturated carbocycles. The van der Waals surface area contributed by atoms with E-state index in [2.05, 4.69) is 15.1 Å². The van der Waals surface area contributed by atoms with Crippen molar-refractivity contribution in [1.29, 1.82) is 0 Å². The van der Waals surface area contributed by atoms with Crippen LogP contribution in [-0.4, -0.2) is 20.5 Å². The molecule has 27 heavy (non-hydrogen) atoms. The van der Waals surface area contributed by atoms with Crippen molar-refractivity contribution in [1.82, 2.24) is 14.8 Å². The molecule has 0 spiro atoms. The molecule has 2 aromatic carbocycles. The molecule has 0 unspecified atom stereocenters. The second kappa shape index (κ2) is 7.13. The molecule has 4 aromatic rings. The topological polar surface area (TPSA) is 63.0 Å². The summed E-state index contributed by atoms with van der Waals surface area (Å²) in [4.78, 5) is 22.1. The van der Waals surface area contributed by atoms with Crippen LogP contribution in [-0.2, 0) is 6.54 Å². The van der Waals surface area contributed by atoms with Gasteiger partial charge < -0.3 is 0 Å². The summed E-state index contributed by atoms with van der Waals surface area (Å²) in [5, 5.41) is 4.42. The van der Waals surface area contributed by atoms with Crippen LogP contribution in [0.4, 0.5) is 0 Å². The first-order valence-electron chi connectivity index (χ1n) is 8.47. The standard InChI is InChI=1S/C20H17ClN4OS/c1-12(22-11-14-7-3-4-8-15(14)21)18-13(2)24-25(19(18)26)20-23-16-9-5-6-10-17(16)27-20/h3-10,24H,11H2,1-2H3. The van der Waals surface area contributed by atoms with Gasteiger partial charge in [0.1, 0.15) is 0 Å². The van der Waals surface area contributed by atoms with Crippen molar-refractivity contribution in [3.05, 3.63) is 80.7 Å². The summed E-state index contributed by atoms with van der Waals surface area (Å²) in [6, 6.07) is 15.4. The van der Waals surface area contributed by atoms with Crippen molar-refractivity contribution in [3.63, 3.8) is 0 Å². The Morgan fingerprint density at radius 2 is 1.96 bits per heavy atom. The summed E-state index contributed by atoms with van der Waals surface area (Å²) in [6.07, 6.45) is 0. The quantitative estimate of drug-likeness (QED) is 0.506. The molecular formula is C20H17ClN4OS. The van der Waals surface area contributed by atoms with Gasteiger partial charge >= 0.3 is 0 Å². The minimum absolute atomic E-state index is 0.146. The second-order valence-corrected chi connectivity index (χ2v) is 7.63. The van der Waals surface area contributed by atoms with Crippen molar-refractivity contribution in [2.45, 2.75) is 20.4 Å². The largest absolute Gasteiger partial charge is 0.293 e. The van der Waals surface area contributed by atoms with Crippen molar-refractivity contribution in [2.75, 3.05) is 0 Å². The van der Waals surface area contributed by atoms with E-state index in [9.17, 15) is 4.79 Å². The Labute approximate surface area is 165 Å². The maximum Gasteiger partial charge on any atom is 0.282 e. The number of nitrogens with one attached hydrogen (secondary N) is 1. The third-order valence-corrected chi connectivity index (χ3v) is 5.74. The van der Waals surface area contributed by atoms with E-state index in [4.69, 9.17) is 11.6 Å². The summed E-state index contributed by atoms with van der Waals surface area (Å²) >= 11 is 7.66. The smallest absolute Gasteiger partial charge is 0.282 e. The van der Waals surface area contributed by atoms with Gasteiger partial charge in [-0.1, -0.05) is 53.3 Å². The second-order valence-electron chi connectivity index (χ2n) is 6.21.